The van der Waals surface area contributed by atoms with Crippen molar-refractivity contribution in [1.29, 1.82) is 0 Å². The van der Waals surface area contributed by atoms with Gasteiger partial charge in [0.25, 0.3) is 0 Å². The summed E-state index contributed by atoms with van der Waals surface area (Å²) in [6.07, 6.45) is 9.38. The van der Waals surface area contributed by atoms with Gasteiger partial charge in [-0.1, -0.05) is 39.0 Å². The first kappa shape index (κ1) is 19.5. The van der Waals surface area contributed by atoms with Crippen molar-refractivity contribution in [2.45, 2.75) is 57.9 Å². The van der Waals surface area contributed by atoms with Gasteiger partial charge in [0.15, 0.2) is 0 Å². The highest BCUT2D eigenvalue weighted by atomic mass is 16.5. The SMILES string of the molecule is CCCCCCCCOc1ccc(-c2c[nH]c(C(C)(N)CO)n2)cc1. The molecule has 2 rings (SSSR count). The predicted molar refractivity (Wildman–Crippen MR) is 102 cm³/mol. The molecule has 25 heavy (non-hydrogen) atoms. The van der Waals surface area contributed by atoms with E-state index in [1.165, 1.54) is 32.1 Å². The third-order valence-electron chi connectivity index (χ3n) is 4.36. The fourth-order valence-electron chi connectivity index (χ4n) is 2.63. The second-order valence-electron chi connectivity index (χ2n) is 6.85. The minimum atomic E-state index is -0.863. The van der Waals surface area contributed by atoms with Crippen LogP contribution in [-0.2, 0) is 5.54 Å². The van der Waals surface area contributed by atoms with Gasteiger partial charge in [0.05, 0.1) is 24.4 Å². The lowest BCUT2D eigenvalue weighted by Crippen LogP contribution is -2.38. The maximum atomic E-state index is 9.33. The Bertz CT molecular complexity index is 620. The molecule has 2 aromatic rings. The Morgan fingerprint density at radius 2 is 1.80 bits per heavy atom. The van der Waals surface area contributed by atoms with Crippen LogP contribution in [0.25, 0.3) is 11.3 Å². The van der Waals surface area contributed by atoms with Crippen LogP contribution < -0.4 is 10.5 Å². The molecule has 0 saturated heterocycles. The molecule has 0 amide bonds. The van der Waals surface area contributed by atoms with Crippen molar-refractivity contribution < 1.29 is 9.84 Å². The molecule has 0 bridgehead atoms. The summed E-state index contributed by atoms with van der Waals surface area (Å²) in [6, 6.07) is 7.91. The van der Waals surface area contributed by atoms with Gasteiger partial charge in [0, 0.05) is 11.8 Å². The Labute approximate surface area is 150 Å². The smallest absolute Gasteiger partial charge is 0.129 e. The maximum absolute atomic E-state index is 9.33. The molecule has 5 heteroatoms. The average Bonchev–Trinajstić information content (AvgIpc) is 3.12. The van der Waals surface area contributed by atoms with E-state index >= 15 is 0 Å². The molecule has 4 N–H and O–H groups in total. The van der Waals surface area contributed by atoms with Crippen LogP contribution in [0.2, 0.25) is 0 Å². The third kappa shape index (κ3) is 5.87. The van der Waals surface area contributed by atoms with Crippen molar-refractivity contribution >= 4 is 0 Å². The number of aliphatic hydroxyl groups is 1. The van der Waals surface area contributed by atoms with Crippen molar-refractivity contribution in [3.05, 3.63) is 36.3 Å². The zero-order chi connectivity index (χ0) is 18.1. The van der Waals surface area contributed by atoms with Gasteiger partial charge < -0.3 is 20.6 Å². The number of nitrogens with one attached hydrogen (secondary N) is 1. The Morgan fingerprint density at radius 1 is 1.12 bits per heavy atom. The summed E-state index contributed by atoms with van der Waals surface area (Å²) in [5.41, 5.74) is 6.93. The molecule has 1 heterocycles. The number of hydrogen-bond acceptors (Lipinski definition) is 4. The number of benzene rings is 1. The van der Waals surface area contributed by atoms with Crippen molar-refractivity contribution in [1.82, 2.24) is 9.97 Å². The van der Waals surface area contributed by atoms with Crippen molar-refractivity contribution in [3.63, 3.8) is 0 Å². The van der Waals surface area contributed by atoms with Crippen LogP contribution in [0.3, 0.4) is 0 Å². The number of aromatic nitrogens is 2. The van der Waals surface area contributed by atoms with E-state index < -0.39 is 5.54 Å². The van der Waals surface area contributed by atoms with Crippen LogP contribution in [0.1, 0.15) is 58.2 Å². The highest BCUT2D eigenvalue weighted by molar-refractivity contribution is 5.59. The number of hydrogen-bond donors (Lipinski definition) is 3. The van der Waals surface area contributed by atoms with Gasteiger partial charge in [0.1, 0.15) is 11.6 Å². The molecule has 0 aliphatic heterocycles. The Hall–Kier alpha value is -1.85. The molecule has 1 aromatic carbocycles. The number of nitrogens with zero attached hydrogens (tertiary/aromatic N) is 1. The molecule has 5 nitrogen and oxygen atoms in total. The van der Waals surface area contributed by atoms with E-state index in [1.807, 2.05) is 30.5 Å². The fraction of sp³-hybridized carbons (Fsp3) is 0.550. The fourth-order valence-corrected chi connectivity index (χ4v) is 2.63. The van der Waals surface area contributed by atoms with Crippen molar-refractivity contribution in [2.75, 3.05) is 13.2 Å². The largest absolute Gasteiger partial charge is 0.494 e. The Balaban J connectivity index is 1.82. The molecular weight excluding hydrogens is 314 g/mol. The minimum Gasteiger partial charge on any atom is -0.494 e. The first-order chi connectivity index (χ1) is 12.1. The van der Waals surface area contributed by atoms with E-state index in [9.17, 15) is 5.11 Å². The molecule has 138 valence electrons. The summed E-state index contributed by atoms with van der Waals surface area (Å²) < 4.78 is 5.80. The highest BCUT2D eigenvalue weighted by Gasteiger charge is 2.23. The normalized spacial score (nSPS) is 13.6. The number of rotatable bonds is 11. The lowest BCUT2D eigenvalue weighted by atomic mass is 10.1. The number of unbranched alkanes of at least 4 members (excludes halogenated alkanes) is 5. The van der Waals surface area contributed by atoms with E-state index in [0.29, 0.717) is 5.82 Å². The second kappa shape index (κ2) is 9.59. The third-order valence-corrected chi connectivity index (χ3v) is 4.36. The number of imidazole rings is 1. The molecule has 0 aliphatic rings. The first-order valence-electron chi connectivity index (χ1n) is 9.25. The summed E-state index contributed by atoms with van der Waals surface area (Å²) in [5, 5.41) is 9.33. The summed E-state index contributed by atoms with van der Waals surface area (Å²) in [4.78, 5) is 7.53. The van der Waals surface area contributed by atoms with Gasteiger partial charge in [-0.3, -0.25) is 0 Å². The zero-order valence-corrected chi connectivity index (χ0v) is 15.4. The highest BCUT2D eigenvalue weighted by Crippen LogP contribution is 2.23. The van der Waals surface area contributed by atoms with E-state index in [-0.39, 0.29) is 6.61 Å². The quantitative estimate of drug-likeness (QED) is 0.538. The van der Waals surface area contributed by atoms with Crippen LogP contribution in [0.4, 0.5) is 0 Å². The minimum absolute atomic E-state index is 0.162. The van der Waals surface area contributed by atoms with Gasteiger partial charge in [0.2, 0.25) is 0 Å². The molecule has 1 atom stereocenters. The van der Waals surface area contributed by atoms with Crippen LogP contribution in [0, 0.1) is 0 Å². The monoisotopic (exact) mass is 345 g/mol. The van der Waals surface area contributed by atoms with Gasteiger partial charge >= 0.3 is 0 Å². The number of nitrogens with two attached hydrogens (primary N) is 1. The number of aliphatic hydroxyl groups excluding tert-OH is 1. The molecule has 0 aliphatic carbocycles. The molecule has 0 spiro atoms. The number of aromatic amines is 1. The number of H-pyrrole nitrogens is 1. The summed E-state index contributed by atoms with van der Waals surface area (Å²) >= 11 is 0. The summed E-state index contributed by atoms with van der Waals surface area (Å²) in [7, 11) is 0. The lowest BCUT2D eigenvalue weighted by molar-refractivity contribution is 0.204. The van der Waals surface area contributed by atoms with Crippen molar-refractivity contribution in [3.8, 4) is 17.0 Å². The van der Waals surface area contributed by atoms with E-state index in [4.69, 9.17) is 10.5 Å². The molecule has 1 unspecified atom stereocenters. The van der Waals surface area contributed by atoms with Gasteiger partial charge in [-0.25, -0.2) is 4.98 Å². The van der Waals surface area contributed by atoms with Crippen LogP contribution in [-0.4, -0.2) is 28.3 Å². The topological polar surface area (TPSA) is 84.2 Å². The lowest BCUT2D eigenvalue weighted by Gasteiger charge is -2.18. The maximum Gasteiger partial charge on any atom is 0.129 e. The molecule has 0 fully saturated rings. The molecular formula is C20H31N3O2. The Kier molecular flexibility index (Phi) is 7.47. The molecule has 0 radical (unpaired) electrons. The van der Waals surface area contributed by atoms with Crippen LogP contribution >= 0.6 is 0 Å². The van der Waals surface area contributed by atoms with Crippen molar-refractivity contribution in [2.24, 2.45) is 5.73 Å². The zero-order valence-electron chi connectivity index (χ0n) is 15.4. The second-order valence-corrected chi connectivity index (χ2v) is 6.85. The van der Waals surface area contributed by atoms with Gasteiger partial charge in [-0.2, -0.15) is 0 Å². The number of ether oxygens (including phenoxy) is 1. The summed E-state index contributed by atoms with van der Waals surface area (Å²) in [6.45, 7) is 4.58. The standard InChI is InChI=1S/C20H31N3O2/c1-3-4-5-6-7-8-13-25-17-11-9-16(10-12-17)18-14-22-19(23-18)20(2,21)15-24/h9-12,14,24H,3-8,13,15,21H2,1-2H3,(H,22,23). The van der Waals surface area contributed by atoms with E-state index in [1.54, 1.807) is 6.92 Å². The van der Waals surface area contributed by atoms with E-state index in [2.05, 4.69) is 16.9 Å². The van der Waals surface area contributed by atoms with E-state index in [0.717, 1.165) is 30.0 Å². The molecule has 1 aromatic heterocycles. The van der Waals surface area contributed by atoms with Crippen LogP contribution in [0.15, 0.2) is 30.5 Å². The predicted octanol–water partition coefficient (Wildman–Crippen LogP) is 3.98. The Morgan fingerprint density at radius 3 is 2.48 bits per heavy atom. The summed E-state index contributed by atoms with van der Waals surface area (Å²) in [5.74, 6) is 1.46. The van der Waals surface area contributed by atoms with Crippen LogP contribution in [0.5, 0.6) is 5.75 Å². The van der Waals surface area contributed by atoms with Gasteiger partial charge in [-0.05, 0) is 37.6 Å². The van der Waals surface area contributed by atoms with Gasteiger partial charge in [-0.15, -0.1) is 0 Å². The molecule has 0 saturated carbocycles. The average molecular weight is 345 g/mol. The first-order valence-corrected chi connectivity index (χ1v) is 9.25.